The summed E-state index contributed by atoms with van der Waals surface area (Å²) in [6.45, 7) is 3.13. The molecule has 2 fully saturated rings. The van der Waals surface area contributed by atoms with E-state index in [9.17, 15) is 0 Å². The first-order valence-electron chi connectivity index (χ1n) is 6.10. The van der Waals surface area contributed by atoms with Crippen molar-refractivity contribution in [1.82, 2.24) is 5.32 Å². The summed E-state index contributed by atoms with van der Waals surface area (Å²) in [5.41, 5.74) is 0.481. The standard InChI is InChI=1S/C12H23NO/c1-13-9-12(7-8-14-10-12)11-5-3-2-4-6-11/h11,13H,2-10H2,1H3. The SMILES string of the molecule is CNCC1(C2CCCCC2)CCOC1. The number of hydrogen-bond donors (Lipinski definition) is 1. The summed E-state index contributed by atoms with van der Waals surface area (Å²) >= 11 is 0. The minimum Gasteiger partial charge on any atom is -0.381 e. The molecule has 0 radical (unpaired) electrons. The summed E-state index contributed by atoms with van der Waals surface area (Å²) in [4.78, 5) is 0. The van der Waals surface area contributed by atoms with Gasteiger partial charge in [-0.15, -0.1) is 0 Å². The van der Waals surface area contributed by atoms with Crippen LogP contribution in [-0.2, 0) is 4.74 Å². The molecular weight excluding hydrogens is 174 g/mol. The van der Waals surface area contributed by atoms with Crippen LogP contribution in [0, 0.1) is 11.3 Å². The van der Waals surface area contributed by atoms with Crippen molar-refractivity contribution in [2.75, 3.05) is 26.8 Å². The number of ether oxygens (including phenoxy) is 1. The van der Waals surface area contributed by atoms with Crippen LogP contribution in [0.4, 0.5) is 0 Å². The first-order chi connectivity index (χ1) is 6.87. The summed E-state index contributed by atoms with van der Waals surface area (Å²) < 4.78 is 5.63. The van der Waals surface area contributed by atoms with Crippen molar-refractivity contribution in [3.63, 3.8) is 0 Å². The van der Waals surface area contributed by atoms with Crippen LogP contribution in [0.2, 0.25) is 0 Å². The second-order valence-electron chi connectivity index (χ2n) is 5.03. The Hall–Kier alpha value is -0.0800. The fourth-order valence-electron chi connectivity index (χ4n) is 3.30. The van der Waals surface area contributed by atoms with E-state index in [0.29, 0.717) is 5.41 Å². The van der Waals surface area contributed by atoms with Gasteiger partial charge in [0, 0.05) is 18.6 Å². The first kappa shape index (κ1) is 10.4. The van der Waals surface area contributed by atoms with E-state index in [1.807, 2.05) is 0 Å². The monoisotopic (exact) mass is 197 g/mol. The molecule has 0 aromatic carbocycles. The van der Waals surface area contributed by atoms with Gasteiger partial charge in [-0.2, -0.15) is 0 Å². The Bertz CT molecular complexity index is 169. The molecule has 1 atom stereocenters. The van der Waals surface area contributed by atoms with Crippen LogP contribution in [0.3, 0.4) is 0 Å². The molecule has 1 unspecified atom stereocenters. The largest absolute Gasteiger partial charge is 0.381 e. The fraction of sp³-hybridized carbons (Fsp3) is 1.00. The van der Waals surface area contributed by atoms with Crippen molar-refractivity contribution in [1.29, 1.82) is 0 Å². The molecule has 0 aromatic heterocycles. The number of nitrogens with one attached hydrogen (secondary N) is 1. The summed E-state index contributed by atoms with van der Waals surface area (Å²) in [7, 11) is 2.07. The van der Waals surface area contributed by atoms with Gasteiger partial charge in [0.15, 0.2) is 0 Å². The molecule has 1 heterocycles. The Balaban J connectivity index is 2.00. The Morgan fingerprint density at radius 1 is 1.29 bits per heavy atom. The van der Waals surface area contributed by atoms with Gasteiger partial charge in [-0.3, -0.25) is 0 Å². The van der Waals surface area contributed by atoms with Crippen LogP contribution in [0.15, 0.2) is 0 Å². The molecule has 14 heavy (non-hydrogen) atoms. The number of hydrogen-bond acceptors (Lipinski definition) is 2. The van der Waals surface area contributed by atoms with E-state index in [4.69, 9.17) is 4.74 Å². The van der Waals surface area contributed by atoms with E-state index >= 15 is 0 Å². The molecule has 1 saturated carbocycles. The van der Waals surface area contributed by atoms with Gasteiger partial charge in [-0.25, -0.2) is 0 Å². The van der Waals surface area contributed by atoms with Gasteiger partial charge in [-0.05, 0) is 32.2 Å². The van der Waals surface area contributed by atoms with Gasteiger partial charge >= 0.3 is 0 Å². The van der Waals surface area contributed by atoms with Crippen molar-refractivity contribution < 1.29 is 4.74 Å². The van der Waals surface area contributed by atoms with E-state index in [-0.39, 0.29) is 0 Å². The summed E-state index contributed by atoms with van der Waals surface area (Å²) in [5.74, 6) is 0.922. The third-order valence-electron chi connectivity index (χ3n) is 4.13. The maximum atomic E-state index is 5.63. The highest BCUT2D eigenvalue weighted by atomic mass is 16.5. The predicted molar refractivity (Wildman–Crippen MR) is 58.4 cm³/mol. The number of rotatable bonds is 3. The van der Waals surface area contributed by atoms with E-state index in [0.717, 1.165) is 25.7 Å². The summed E-state index contributed by atoms with van der Waals surface area (Å²) in [6.07, 6.45) is 8.48. The topological polar surface area (TPSA) is 21.3 Å². The molecule has 82 valence electrons. The maximum absolute atomic E-state index is 5.63. The van der Waals surface area contributed by atoms with Gasteiger partial charge in [0.1, 0.15) is 0 Å². The lowest BCUT2D eigenvalue weighted by atomic mass is 9.68. The van der Waals surface area contributed by atoms with E-state index < -0.39 is 0 Å². The van der Waals surface area contributed by atoms with Crippen molar-refractivity contribution in [2.24, 2.45) is 11.3 Å². The molecule has 0 spiro atoms. The zero-order valence-electron chi connectivity index (χ0n) is 9.35. The highest BCUT2D eigenvalue weighted by molar-refractivity contribution is 4.92. The molecule has 0 aromatic rings. The van der Waals surface area contributed by atoms with E-state index in [2.05, 4.69) is 12.4 Å². The van der Waals surface area contributed by atoms with E-state index in [1.54, 1.807) is 0 Å². The fourth-order valence-corrected chi connectivity index (χ4v) is 3.30. The van der Waals surface area contributed by atoms with Crippen molar-refractivity contribution in [3.05, 3.63) is 0 Å². The van der Waals surface area contributed by atoms with E-state index in [1.165, 1.54) is 38.5 Å². The Morgan fingerprint density at radius 3 is 2.64 bits per heavy atom. The van der Waals surface area contributed by atoms with Crippen molar-refractivity contribution in [3.8, 4) is 0 Å². The van der Waals surface area contributed by atoms with Crippen LogP contribution in [0.1, 0.15) is 38.5 Å². The van der Waals surface area contributed by atoms with Gasteiger partial charge in [0.25, 0.3) is 0 Å². The van der Waals surface area contributed by atoms with Crippen LogP contribution in [0.25, 0.3) is 0 Å². The maximum Gasteiger partial charge on any atom is 0.0538 e. The van der Waals surface area contributed by atoms with Crippen LogP contribution in [-0.4, -0.2) is 26.8 Å². The highest BCUT2D eigenvalue weighted by Gasteiger charge is 2.41. The molecule has 1 N–H and O–H groups in total. The predicted octanol–water partition coefficient (Wildman–Crippen LogP) is 2.19. The zero-order chi connectivity index (χ0) is 9.86. The molecule has 2 nitrogen and oxygen atoms in total. The Kier molecular flexibility index (Phi) is 3.45. The molecule has 0 amide bonds. The normalized spacial score (nSPS) is 34.9. The van der Waals surface area contributed by atoms with Crippen molar-refractivity contribution in [2.45, 2.75) is 38.5 Å². The van der Waals surface area contributed by atoms with Crippen LogP contribution < -0.4 is 5.32 Å². The molecule has 2 heteroatoms. The lowest BCUT2D eigenvalue weighted by molar-refractivity contribution is 0.0837. The lowest BCUT2D eigenvalue weighted by Crippen LogP contribution is -2.40. The first-order valence-corrected chi connectivity index (χ1v) is 6.10. The minimum absolute atomic E-state index is 0.481. The Labute approximate surface area is 87.4 Å². The Morgan fingerprint density at radius 2 is 2.07 bits per heavy atom. The van der Waals surface area contributed by atoms with Gasteiger partial charge in [-0.1, -0.05) is 19.3 Å². The smallest absolute Gasteiger partial charge is 0.0538 e. The molecule has 2 aliphatic rings. The zero-order valence-corrected chi connectivity index (χ0v) is 9.35. The minimum atomic E-state index is 0.481. The third kappa shape index (κ3) is 1.96. The quantitative estimate of drug-likeness (QED) is 0.749. The second kappa shape index (κ2) is 4.63. The molecular formula is C12H23NO. The van der Waals surface area contributed by atoms with Gasteiger partial charge in [0.2, 0.25) is 0 Å². The average molecular weight is 197 g/mol. The summed E-state index contributed by atoms with van der Waals surface area (Å²) in [5, 5.41) is 3.37. The van der Waals surface area contributed by atoms with Crippen molar-refractivity contribution >= 4 is 0 Å². The van der Waals surface area contributed by atoms with Gasteiger partial charge in [0.05, 0.1) is 6.61 Å². The van der Waals surface area contributed by atoms with Crippen LogP contribution in [0.5, 0.6) is 0 Å². The molecule has 1 aliphatic heterocycles. The molecule has 1 aliphatic carbocycles. The highest BCUT2D eigenvalue weighted by Crippen LogP contribution is 2.43. The third-order valence-corrected chi connectivity index (χ3v) is 4.13. The molecule has 0 bridgehead atoms. The summed E-state index contributed by atoms with van der Waals surface area (Å²) in [6, 6.07) is 0. The molecule has 1 saturated heterocycles. The lowest BCUT2D eigenvalue weighted by Gasteiger charge is -2.38. The second-order valence-corrected chi connectivity index (χ2v) is 5.03. The van der Waals surface area contributed by atoms with Gasteiger partial charge < -0.3 is 10.1 Å². The van der Waals surface area contributed by atoms with Crippen LogP contribution >= 0.6 is 0 Å². The average Bonchev–Trinajstić information content (AvgIpc) is 2.70. The molecule has 2 rings (SSSR count).